The van der Waals surface area contributed by atoms with Crippen molar-refractivity contribution in [1.82, 2.24) is 0 Å². The van der Waals surface area contributed by atoms with Crippen LogP contribution in [0.1, 0.15) is 15.3 Å². The Morgan fingerprint density at radius 3 is 2.55 bits per heavy atom. The second-order valence-corrected chi connectivity index (χ2v) is 11.6. The number of hydrogen-bond donors (Lipinski definition) is 0. The molecule has 0 aliphatic rings. The van der Waals surface area contributed by atoms with Crippen molar-refractivity contribution >= 4 is 24.6 Å². The molecule has 2 heteroatoms. The van der Waals surface area contributed by atoms with E-state index < -0.39 is 8.07 Å². The first-order valence-corrected chi connectivity index (χ1v) is 10.8. The number of hydrogen-bond acceptors (Lipinski definition) is 1. The van der Waals surface area contributed by atoms with E-state index in [1.807, 2.05) is 6.08 Å². The summed E-state index contributed by atoms with van der Waals surface area (Å²) >= 11 is 1.75. The van der Waals surface area contributed by atoms with E-state index in [9.17, 15) is 0 Å². The maximum absolute atomic E-state index is 3.90. The van der Waals surface area contributed by atoms with Gasteiger partial charge in [-0.25, -0.2) is 0 Å². The van der Waals surface area contributed by atoms with Crippen LogP contribution in [0.3, 0.4) is 0 Å². The van der Waals surface area contributed by atoms with Gasteiger partial charge in [-0.2, -0.15) is 0 Å². The highest BCUT2D eigenvalue weighted by Crippen LogP contribution is 2.15. The molecule has 2 aromatic rings. The monoisotopic (exact) mass is 296 g/mol. The molecule has 0 atom stereocenters. The third-order valence-electron chi connectivity index (χ3n) is 3.37. The van der Waals surface area contributed by atoms with Crippen LogP contribution in [0.4, 0.5) is 0 Å². The van der Waals surface area contributed by atoms with Crippen LogP contribution in [0.25, 0.3) is 0 Å². The van der Waals surface area contributed by atoms with E-state index in [4.69, 9.17) is 0 Å². The molecule has 1 aromatic heterocycles. The first-order valence-electron chi connectivity index (χ1n) is 6.82. The van der Waals surface area contributed by atoms with Crippen molar-refractivity contribution in [1.29, 1.82) is 0 Å². The Morgan fingerprint density at radius 1 is 1.15 bits per heavy atom. The molecule has 0 saturated heterocycles. The van der Waals surface area contributed by atoms with Crippen molar-refractivity contribution in [3.8, 4) is 11.8 Å². The van der Waals surface area contributed by atoms with Crippen molar-refractivity contribution in [3.63, 3.8) is 0 Å². The molecule has 0 spiro atoms. The van der Waals surface area contributed by atoms with E-state index in [0.29, 0.717) is 0 Å². The topological polar surface area (TPSA) is 0 Å². The van der Waals surface area contributed by atoms with Gasteiger partial charge in [0.2, 0.25) is 0 Å². The van der Waals surface area contributed by atoms with Gasteiger partial charge in [-0.1, -0.05) is 49.2 Å². The van der Waals surface area contributed by atoms with Crippen molar-refractivity contribution in [2.24, 2.45) is 0 Å². The first kappa shape index (κ1) is 14.8. The molecule has 0 aliphatic carbocycles. The van der Waals surface area contributed by atoms with Crippen molar-refractivity contribution < 1.29 is 0 Å². The van der Waals surface area contributed by atoms with Crippen molar-refractivity contribution in [3.05, 3.63) is 64.4 Å². The molecule has 0 radical (unpaired) electrons. The molecule has 0 amide bonds. The van der Waals surface area contributed by atoms with Crippen LogP contribution >= 0.6 is 11.3 Å². The number of allylic oxidation sites excluding steroid dienone is 1. The highest BCUT2D eigenvalue weighted by molar-refractivity contribution is 7.12. The number of benzene rings is 1. The molecular weight excluding hydrogens is 276 g/mol. The lowest BCUT2D eigenvalue weighted by atomic mass is 10.2. The minimum Gasteiger partial charge on any atom is -0.132 e. The van der Waals surface area contributed by atoms with Gasteiger partial charge in [-0.3, -0.25) is 0 Å². The predicted molar refractivity (Wildman–Crippen MR) is 93.6 cm³/mol. The fraction of sp³-hybridized carbons (Fsp3) is 0.222. The minimum absolute atomic E-state index is 1.09. The second-order valence-electron chi connectivity index (χ2n) is 5.58. The van der Waals surface area contributed by atoms with E-state index >= 15 is 0 Å². The van der Waals surface area contributed by atoms with Gasteiger partial charge in [-0.05, 0) is 36.4 Å². The standard InChI is InChI=1S/C18H20SSi/c1-5-14-20(3,4)18-9-7-6-8-16(18)11-13-17-12-10-15(2)19-17/h5-10,12H,1,14H2,2-4H3. The van der Waals surface area contributed by atoms with Gasteiger partial charge in [0.25, 0.3) is 0 Å². The molecule has 2 rings (SSSR count). The second kappa shape index (κ2) is 6.26. The molecule has 0 N–H and O–H groups in total. The molecule has 102 valence electrons. The number of thiophene rings is 1. The Morgan fingerprint density at radius 2 is 1.90 bits per heavy atom. The summed E-state index contributed by atoms with van der Waals surface area (Å²) in [5, 5.41) is 1.43. The third-order valence-corrected chi connectivity index (χ3v) is 7.49. The molecule has 1 aromatic carbocycles. The fourth-order valence-electron chi connectivity index (χ4n) is 2.28. The maximum Gasteiger partial charge on any atom is 0.0859 e. The lowest BCUT2D eigenvalue weighted by Gasteiger charge is -2.22. The van der Waals surface area contributed by atoms with E-state index in [-0.39, 0.29) is 0 Å². The third kappa shape index (κ3) is 3.50. The van der Waals surface area contributed by atoms with Crippen LogP contribution in [-0.4, -0.2) is 8.07 Å². The van der Waals surface area contributed by atoms with E-state index in [1.165, 1.54) is 15.6 Å². The van der Waals surface area contributed by atoms with Gasteiger partial charge >= 0.3 is 0 Å². The molecule has 1 heterocycles. The highest BCUT2D eigenvalue weighted by atomic mass is 32.1. The lowest BCUT2D eigenvalue weighted by Crippen LogP contribution is -2.42. The summed E-state index contributed by atoms with van der Waals surface area (Å²) in [5.41, 5.74) is 1.18. The van der Waals surface area contributed by atoms with Gasteiger partial charge < -0.3 is 0 Å². The fourth-order valence-corrected chi connectivity index (χ4v) is 5.37. The highest BCUT2D eigenvalue weighted by Gasteiger charge is 2.23. The summed E-state index contributed by atoms with van der Waals surface area (Å²) in [6, 6.07) is 13.9. The molecule has 0 unspecified atom stereocenters. The SMILES string of the molecule is C=CC[Si](C)(C)c1ccccc1C#Cc1ccc(C)s1. The molecule has 0 fully saturated rings. The average Bonchev–Trinajstić information content (AvgIpc) is 2.82. The van der Waals surface area contributed by atoms with E-state index in [1.54, 1.807) is 11.3 Å². The Balaban J connectivity index is 2.38. The lowest BCUT2D eigenvalue weighted by molar-refractivity contribution is 1.53. The number of rotatable bonds is 3. The largest absolute Gasteiger partial charge is 0.132 e. The molecule has 20 heavy (non-hydrogen) atoms. The minimum atomic E-state index is -1.47. The van der Waals surface area contributed by atoms with E-state index in [0.717, 1.165) is 10.9 Å². The van der Waals surface area contributed by atoms with E-state index in [2.05, 4.69) is 74.8 Å². The van der Waals surface area contributed by atoms with Crippen LogP contribution in [0, 0.1) is 18.8 Å². The van der Waals surface area contributed by atoms with Gasteiger partial charge in [0, 0.05) is 10.4 Å². The molecule has 0 nitrogen and oxygen atoms in total. The summed E-state index contributed by atoms with van der Waals surface area (Å²) in [6.07, 6.45) is 2.04. The Hall–Kier alpha value is -1.56. The normalized spacial score (nSPS) is 10.8. The van der Waals surface area contributed by atoms with Crippen LogP contribution < -0.4 is 5.19 Å². The number of aryl methyl sites for hydroxylation is 1. The quantitative estimate of drug-likeness (QED) is 0.442. The summed E-state index contributed by atoms with van der Waals surface area (Å²) in [5.74, 6) is 6.67. The van der Waals surface area contributed by atoms with Crippen molar-refractivity contribution in [2.75, 3.05) is 0 Å². The summed E-state index contributed by atoms with van der Waals surface area (Å²) < 4.78 is 0. The van der Waals surface area contributed by atoms with Crippen LogP contribution in [0.2, 0.25) is 19.1 Å². The first-order chi connectivity index (χ1) is 9.53. The Labute approximate surface area is 127 Å². The predicted octanol–water partition coefficient (Wildman–Crippen LogP) is 4.56. The molecular formula is C18H20SSi. The van der Waals surface area contributed by atoms with Crippen LogP contribution in [0.5, 0.6) is 0 Å². The van der Waals surface area contributed by atoms with Gasteiger partial charge in [0.1, 0.15) is 0 Å². The molecule has 0 saturated carbocycles. The zero-order valence-corrected chi connectivity index (χ0v) is 14.2. The zero-order chi connectivity index (χ0) is 14.6. The zero-order valence-electron chi connectivity index (χ0n) is 12.4. The van der Waals surface area contributed by atoms with Gasteiger partial charge in [0.05, 0.1) is 13.0 Å². The van der Waals surface area contributed by atoms with Gasteiger partial charge in [0.15, 0.2) is 0 Å². The maximum atomic E-state index is 3.90. The van der Waals surface area contributed by atoms with Crippen LogP contribution in [-0.2, 0) is 0 Å². The van der Waals surface area contributed by atoms with Crippen LogP contribution in [0.15, 0.2) is 49.1 Å². The molecule has 0 bridgehead atoms. The average molecular weight is 297 g/mol. The summed E-state index contributed by atoms with van der Waals surface area (Å²) in [4.78, 5) is 2.45. The summed E-state index contributed by atoms with van der Waals surface area (Å²) in [6.45, 7) is 10.8. The Bertz CT molecular complexity index is 668. The van der Waals surface area contributed by atoms with Crippen molar-refractivity contribution in [2.45, 2.75) is 26.1 Å². The molecule has 0 aliphatic heterocycles. The smallest absolute Gasteiger partial charge is 0.0859 e. The van der Waals surface area contributed by atoms with Gasteiger partial charge in [-0.15, -0.1) is 17.9 Å². The summed E-state index contributed by atoms with van der Waals surface area (Å²) in [7, 11) is -1.47. The Kier molecular flexibility index (Phi) is 4.64.